The molecule has 1 heterocycles. The first kappa shape index (κ1) is 14.3. The van der Waals surface area contributed by atoms with Crippen molar-refractivity contribution in [2.75, 3.05) is 26.2 Å². The number of hydrogen-bond acceptors (Lipinski definition) is 2. The Bertz CT molecular complexity index is 394. The summed E-state index contributed by atoms with van der Waals surface area (Å²) < 4.78 is 39.4. The first-order chi connectivity index (χ1) is 9.16. The van der Waals surface area contributed by atoms with Gasteiger partial charge in [-0.15, -0.1) is 0 Å². The molecule has 0 atom stereocenters. The fourth-order valence-electron chi connectivity index (χ4n) is 2.39. The van der Waals surface area contributed by atoms with Gasteiger partial charge in [-0.25, -0.2) is 13.2 Å². The molecule has 5 heteroatoms. The van der Waals surface area contributed by atoms with Gasteiger partial charge in [0.25, 0.3) is 0 Å². The molecule has 1 N–H and O–H groups in total. The van der Waals surface area contributed by atoms with Gasteiger partial charge in [0.05, 0.1) is 0 Å². The van der Waals surface area contributed by atoms with Crippen molar-refractivity contribution in [1.82, 2.24) is 10.2 Å². The molecule has 0 unspecified atom stereocenters. The van der Waals surface area contributed by atoms with E-state index in [0.29, 0.717) is 18.7 Å². The standard InChI is InChI=1S/C14H19F3N2/c15-11-8-13(16)12(14(17)9-11)10-18-4-3-7-19-5-1-2-6-19/h8-9,18H,1-7,10H2. The number of hydrogen-bond donors (Lipinski definition) is 1. The molecule has 2 nitrogen and oxygen atoms in total. The molecular weight excluding hydrogens is 253 g/mol. The van der Waals surface area contributed by atoms with Crippen LogP contribution < -0.4 is 5.32 Å². The second-order valence-corrected chi connectivity index (χ2v) is 4.93. The number of rotatable bonds is 6. The molecule has 1 aliphatic heterocycles. The minimum atomic E-state index is -0.882. The smallest absolute Gasteiger partial charge is 0.133 e. The Morgan fingerprint density at radius 2 is 1.68 bits per heavy atom. The Kier molecular flexibility index (Phi) is 5.22. The molecule has 106 valence electrons. The summed E-state index contributed by atoms with van der Waals surface area (Å²) in [5.41, 5.74) is -0.0948. The number of benzene rings is 1. The van der Waals surface area contributed by atoms with Gasteiger partial charge < -0.3 is 10.2 Å². The predicted octanol–water partition coefficient (Wildman–Crippen LogP) is 2.68. The summed E-state index contributed by atoms with van der Waals surface area (Å²) in [7, 11) is 0. The van der Waals surface area contributed by atoms with Crippen molar-refractivity contribution < 1.29 is 13.2 Å². The maximum Gasteiger partial charge on any atom is 0.133 e. The summed E-state index contributed by atoms with van der Waals surface area (Å²) in [6.45, 7) is 4.12. The van der Waals surface area contributed by atoms with Crippen LogP contribution >= 0.6 is 0 Å². The van der Waals surface area contributed by atoms with Crippen molar-refractivity contribution in [3.63, 3.8) is 0 Å². The minimum absolute atomic E-state index is 0.0948. The van der Waals surface area contributed by atoms with E-state index in [1.165, 1.54) is 12.8 Å². The number of nitrogens with one attached hydrogen (secondary N) is 1. The van der Waals surface area contributed by atoms with Crippen LogP contribution in [0, 0.1) is 17.5 Å². The van der Waals surface area contributed by atoms with Crippen LogP contribution in [0.2, 0.25) is 0 Å². The molecule has 0 bridgehead atoms. The highest BCUT2D eigenvalue weighted by Gasteiger charge is 2.12. The third-order valence-corrected chi connectivity index (χ3v) is 3.43. The maximum absolute atomic E-state index is 13.3. The van der Waals surface area contributed by atoms with E-state index in [1.54, 1.807) is 0 Å². The lowest BCUT2D eigenvalue weighted by Crippen LogP contribution is -2.25. The molecule has 0 aromatic heterocycles. The third-order valence-electron chi connectivity index (χ3n) is 3.43. The van der Waals surface area contributed by atoms with Gasteiger partial charge in [0.2, 0.25) is 0 Å². The van der Waals surface area contributed by atoms with Gasteiger partial charge in [-0.3, -0.25) is 0 Å². The highest BCUT2D eigenvalue weighted by atomic mass is 19.1. The molecule has 0 amide bonds. The van der Waals surface area contributed by atoms with E-state index in [4.69, 9.17) is 0 Å². The Labute approximate surface area is 111 Å². The summed E-state index contributed by atoms with van der Waals surface area (Å²) >= 11 is 0. The number of halogens is 3. The molecule has 0 radical (unpaired) electrons. The van der Waals surface area contributed by atoms with Crippen molar-refractivity contribution in [3.8, 4) is 0 Å². The zero-order chi connectivity index (χ0) is 13.7. The van der Waals surface area contributed by atoms with Gasteiger partial charge in [-0.1, -0.05) is 0 Å². The van der Waals surface area contributed by atoms with Crippen LogP contribution in [-0.4, -0.2) is 31.1 Å². The lowest BCUT2D eigenvalue weighted by atomic mass is 10.2. The van der Waals surface area contributed by atoms with Gasteiger partial charge >= 0.3 is 0 Å². The molecule has 0 spiro atoms. The Hall–Kier alpha value is -1.07. The average molecular weight is 272 g/mol. The van der Waals surface area contributed by atoms with Crippen LogP contribution in [0.3, 0.4) is 0 Å². The van der Waals surface area contributed by atoms with Gasteiger partial charge in [0.15, 0.2) is 0 Å². The van der Waals surface area contributed by atoms with Crippen molar-refractivity contribution in [2.45, 2.75) is 25.8 Å². The van der Waals surface area contributed by atoms with Crippen molar-refractivity contribution in [1.29, 1.82) is 0 Å². The third kappa shape index (κ3) is 4.21. The zero-order valence-electron chi connectivity index (χ0n) is 10.9. The molecule has 1 aliphatic rings. The zero-order valence-corrected chi connectivity index (χ0v) is 10.9. The van der Waals surface area contributed by atoms with Gasteiger partial charge in [-0.2, -0.15) is 0 Å². The van der Waals surface area contributed by atoms with E-state index in [0.717, 1.165) is 26.1 Å². The monoisotopic (exact) mass is 272 g/mol. The number of nitrogens with zero attached hydrogens (tertiary/aromatic N) is 1. The highest BCUT2D eigenvalue weighted by Crippen LogP contribution is 2.14. The van der Waals surface area contributed by atoms with E-state index in [2.05, 4.69) is 10.2 Å². The number of likely N-dealkylation sites (tertiary alicyclic amines) is 1. The van der Waals surface area contributed by atoms with Gasteiger partial charge in [0.1, 0.15) is 17.5 Å². The molecule has 0 saturated carbocycles. The largest absolute Gasteiger partial charge is 0.312 e. The fraction of sp³-hybridized carbons (Fsp3) is 0.571. The van der Waals surface area contributed by atoms with Crippen LogP contribution in [0.4, 0.5) is 13.2 Å². The van der Waals surface area contributed by atoms with Crippen molar-refractivity contribution in [2.24, 2.45) is 0 Å². The lowest BCUT2D eigenvalue weighted by Gasteiger charge is -2.14. The molecule has 1 aromatic carbocycles. The summed E-state index contributed by atoms with van der Waals surface area (Å²) in [5, 5.41) is 3.00. The predicted molar refractivity (Wildman–Crippen MR) is 68.3 cm³/mol. The van der Waals surface area contributed by atoms with Crippen LogP contribution in [-0.2, 0) is 6.54 Å². The Morgan fingerprint density at radius 3 is 2.32 bits per heavy atom. The molecule has 0 aliphatic carbocycles. The van der Waals surface area contributed by atoms with Crippen LogP contribution in [0.1, 0.15) is 24.8 Å². The second-order valence-electron chi connectivity index (χ2n) is 4.93. The van der Waals surface area contributed by atoms with Crippen molar-refractivity contribution >= 4 is 0 Å². The average Bonchev–Trinajstić information content (AvgIpc) is 2.84. The van der Waals surface area contributed by atoms with Crippen LogP contribution in [0.5, 0.6) is 0 Å². The summed E-state index contributed by atoms with van der Waals surface area (Å²) in [5.74, 6) is -2.54. The van der Waals surface area contributed by atoms with E-state index in [1.807, 2.05) is 0 Å². The van der Waals surface area contributed by atoms with Gasteiger partial charge in [-0.05, 0) is 45.4 Å². The Morgan fingerprint density at radius 1 is 1.05 bits per heavy atom. The summed E-state index contributed by atoms with van der Waals surface area (Å²) in [6, 6.07) is 1.43. The summed E-state index contributed by atoms with van der Waals surface area (Å²) in [4.78, 5) is 2.39. The lowest BCUT2D eigenvalue weighted by molar-refractivity contribution is 0.330. The topological polar surface area (TPSA) is 15.3 Å². The molecule has 19 heavy (non-hydrogen) atoms. The van der Waals surface area contributed by atoms with E-state index < -0.39 is 17.5 Å². The van der Waals surface area contributed by atoms with E-state index >= 15 is 0 Å². The highest BCUT2D eigenvalue weighted by molar-refractivity contribution is 5.20. The first-order valence-electron chi connectivity index (χ1n) is 6.73. The normalized spacial score (nSPS) is 16.2. The molecule has 1 aromatic rings. The van der Waals surface area contributed by atoms with E-state index in [9.17, 15) is 13.2 Å². The second kappa shape index (κ2) is 6.91. The van der Waals surface area contributed by atoms with Gasteiger partial charge in [0, 0.05) is 24.2 Å². The molecule has 1 fully saturated rings. The van der Waals surface area contributed by atoms with Crippen LogP contribution in [0.15, 0.2) is 12.1 Å². The van der Waals surface area contributed by atoms with Crippen molar-refractivity contribution in [3.05, 3.63) is 35.1 Å². The molecule has 2 rings (SSSR count). The summed E-state index contributed by atoms with van der Waals surface area (Å²) in [6.07, 6.45) is 3.48. The van der Waals surface area contributed by atoms with Crippen LogP contribution in [0.25, 0.3) is 0 Å². The quantitative estimate of drug-likeness (QED) is 0.801. The molecular formula is C14H19F3N2. The molecule has 1 saturated heterocycles. The SMILES string of the molecule is Fc1cc(F)c(CNCCCN2CCCC2)c(F)c1. The minimum Gasteiger partial charge on any atom is -0.312 e. The van der Waals surface area contributed by atoms with E-state index in [-0.39, 0.29) is 12.1 Å². The fourth-order valence-corrected chi connectivity index (χ4v) is 2.39. The first-order valence-corrected chi connectivity index (χ1v) is 6.73. The maximum atomic E-state index is 13.3. The Balaban J connectivity index is 1.70.